The lowest BCUT2D eigenvalue weighted by Crippen LogP contribution is -2.18. The zero-order valence-electron chi connectivity index (χ0n) is 12.5. The molecule has 2 aromatic rings. The number of carbonyl (C=O) groups is 1. The van der Waals surface area contributed by atoms with Crippen LogP contribution < -0.4 is 14.9 Å². The first-order chi connectivity index (χ1) is 11.0. The molecule has 7 heteroatoms. The number of halogens is 2. The van der Waals surface area contributed by atoms with E-state index in [9.17, 15) is 4.79 Å². The van der Waals surface area contributed by atoms with Gasteiger partial charge in [-0.05, 0) is 36.4 Å². The first-order valence-corrected chi connectivity index (χ1v) is 7.72. The molecule has 0 bridgehead atoms. The van der Waals surface area contributed by atoms with Crippen molar-refractivity contribution >= 4 is 39.7 Å². The monoisotopic (exact) mass is 396 g/mol. The molecule has 2 aromatic carbocycles. The number of methoxy groups -OCH3 is 2. The fourth-order valence-electron chi connectivity index (χ4n) is 1.88. The second-order valence-electron chi connectivity index (χ2n) is 4.43. The topological polar surface area (TPSA) is 59.9 Å². The van der Waals surface area contributed by atoms with Crippen molar-refractivity contribution in [1.29, 1.82) is 0 Å². The van der Waals surface area contributed by atoms with Gasteiger partial charge in [-0.25, -0.2) is 5.43 Å². The number of hydrogen-bond donors (Lipinski definition) is 1. The Morgan fingerprint density at radius 2 is 1.87 bits per heavy atom. The van der Waals surface area contributed by atoms with Gasteiger partial charge >= 0.3 is 0 Å². The maximum Gasteiger partial charge on any atom is 0.275 e. The Morgan fingerprint density at radius 1 is 1.17 bits per heavy atom. The van der Waals surface area contributed by atoms with Crippen LogP contribution in [0.1, 0.15) is 15.9 Å². The second kappa shape index (κ2) is 7.99. The van der Waals surface area contributed by atoms with Crippen LogP contribution in [0.25, 0.3) is 0 Å². The van der Waals surface area contributed by atoms with Crippen LogP contribution in [-0.2, 0) is 0 Å². The molecule has 0 saturated heterocycles. The molecule has 0 aromatic heterocycles. The largest absolute Gasteiger partial charge is 0.496 e. The summed E-state index contributed by atoms with van der Waals surface area (Å²) in [6, 6.07) is 10.3. The summed E-state index contributed by atoms with van der Waals surface area (Å²) < 4.78 is 11.3. The number of amides is 1. The van der Waals surface area contributed by atoms with E-state index in [0.29, 0.717) is 22.1 Å². The van der Waals surface area contributed by atoms with Gasteiger partial charge in [-0.2, -0.15) is 5.10 Å². The molecule has 0 aliphatic rings. The molecule has 1 N–H and O–H groups in total. The van der Waals surface area contributed by atoms with Crippen LogP contribution in [0.3, 0.4) is 0 Å². The third kappa shape index (κ3) is 4.46. The van der Waals surface area contributed by atoms with Crippen molar-refractivity contribution in [2.75, 3.05) is 14.2 Å². The van der Waals surface area contributed by atoms with Crippen molar-refractivity contribution in [3.63, 3.8) is 0 Å². The molecule has 0 heterocycles. The van der Waals surface area contributed by atoms with E-state index in [2.05, 4.69) is 26.5 Å². The van der Waals surface area contributed by atoms with Gasteiger partial charge < -0.3 is 9.47 Å². The first-order valence-electron chi connectivity index (χ1n) is 6.55. The minimum atomic E-state index is -0.422. The highest BCUT2D eigenvalue weighted by atomic mass is 79.9. The molecule has 5 nitrogen and oxygen atoms in total. The lowest BCUT2D eigenvalue weighted by Gasteiger charge is -2.07. The van der Waals surface area contributed by atoms with Crippen LogP contribution in [-0.4, -0.2) is 26.3 Å². The Hall–Kier alpha value is -2.05. The molecular formula is C16H14BrClN2O3. The molecular weight excluding hydrogens is 384 g/mol. The van der Waals surface area contributed by atoms with Crippen LogP contribution in [0, 0.1) is 0 Å². The molecule has 23 heavy (non-hydrogen) atoms. The standard InChI is InChI=1S/C16H14BrClN2O3/c1-22-14-5-3-11(17)7-10(14)9-19-20-16(21)13-8-12(18)4-6-15(13)23-2/h3-9H,1-2H3,(H,20,21)/b19-9+. The van der Waals surface area contributed by atoms with E-state index in [4.69, 9.17) is 21.1 Å². The third-order valence-corrected chi connectivity index (χ3v) is 3.70. The lowest BCUT2D eigenvalue weighted by atomic mass is 10.2. The molecule has 0 aliphatic heterocycles. The highest BCUT2D eigenvalue weighted by Gasteiger charge is 2.12. The van der Waals surface area contributed by atoms with E-state index in [1.165, 1.54) is 19.4 Å². The highest BCUT2D eigenvalue weighted by molar-refractivity contribution is 9.10. The number of benzene rings is 2. The van der Waals surface area contributed by atoms with Gasteiger partial charge in [-0.1, -0.05) is 27.5 Å². The first kappa shape index (κ1) is 17.3. The number of carbonyl (C=O) groups excluding carboxylic acids is 1. The van der Waals surface area contributed by atoms with Gasteiger partial charge in [0.2, 0.25) is 0 Å². The number of nitrogens with one attached hydrogen (secondary N) is 1. The van der Waals surface area contributed by atoms with Gasteiger partial charge in [0.15, 0.2) is 0 Å². The van der Waals surface area contributed by atoms with Gasteiger partial charge in [-0.3, -0.25) is 4.79 Å². The predicted octanol–water partition coefficient (Wildman–Crippen LogP) is 3.88. The summed E-state index contributed by atoms with van der Waals surface area (Å²) in [5.41, 5.74) is 3.47. The molecule has 0 aliphatic carbocycles. The van der Waals surface area contributed by atoms with E-state index in [-0.39, 0.29) is 0 Å². The minimum Gasteiger partial charge on any atom is -0.496 e. The van der Waals surface area contributed by atoms with E-state index in [0.717, 1.165) is 10.0 Å². The summed E-state index contributed by atoms with van der Waals surface area (Å²) in [6.45, 7) is 0. The minimum absolute atomic E-state index is 0.304. The van der Waals surface area contributed by atoms with E-state index in [1.54, 1.807) is 25.3 Å². The van der Waals surface area contributed by atoms with Crippen LogP contribution in [0.15, 0.2) is 46.0 Å². The summed E-state index contributed by atoms with van der Waals surface area (Å²) in [7, 11) is 3.05. The molecule has 0 radical (unpaired) electrons. The molecule has 0 unspecified atom stereocenters. The zero-order chi connectivity index (χ0) is 16.8. The van der Waals surface area contributed by atoms with Crippen molar-refractivity contribution in [2.24, 2.45) is 5.10 Å². The van der Waals surface area contributed by atoms with Crippen molar-refractivity contribution in [3.05, 3.63) is 57.0 Å². The molecule has 0 saturated carbocycles. The number of rotatable bonds is 5. The van der Waals surface area contributed by atoms with Gasteiger partial charge in [0, 0.05) is 15.1 Å². The highest BCUT2D eigenvalue weighted by Crippen LogP contribution is 2.23. The molecule has 2 rings (SSSR count). The summed E-state index contributed by atoms with van der Waals surface area (Å²) in [5.74, 6) is 0.642. The fraction of sp³-hybridized carbons (Fsp3) is 0.125. The quantitative estimate of drug-likeness (QED) is 0.615. The van der Waals surface area contributed by atoms with Gasteiger partial charge in [0.1, 0.15) is 11.5 Å². The number of hydrazone groups is 1. The normalized spacial score (nSPS) is 10.6. The van der Waals surface area contributed by atoms with Crippen LogP contribution in [0.4, 0.5) is 0 Å². The summed E-state index contributed by atoms with van der Waals surface area (Å²) in [6.07, 6.45) is 1.50. The summed E-state index contributed by atoms with van der Waals surface area (Å²) in [4.78, 5) is 12.2. The van der Waals surface area contributed by atoms with E-state index >= 15 is 0 Å². The predicted molar refractivity (Wildman–Crippen MR) is 93.8 cm³/mol. The third-order valence-electron chi connectivity index (χ3n) is 2.97. The lowest BCUT2D eigenvalue weighted by molar-refractivity contribution is 0.0952. The average molecular weight is 398 g/mol. The molecule has 0 fully saturated rings. The maximum atomic E-state index is 12.2. The summed E-state index contributed by atoms with van der Waals surface area (Å²) in [5, 5.41) is 4.39. The van der Waals surface area contributed by atoms with Gasteiger partial charge in [0.25, 0.3) is 5.91 Å². The van der Waals surface area contributed by atoms with Crippen molar-refractivity contribution < 1.29 is 14.3 Å². The maximum absolute atomic E-state index is 12.2. The molecule has 0 atom stereocenters. The van der Waals surface area contributed by atoms with Crippen LogP contribution >= 0.6 is 27.5 Å². The van der Waals surface area contributed by atoms with Gasteiger partial charge in [-0.15, -0.1) is 0 Å². The fourth-order valence-corrected chi connectivity index (χ4v) is 2.44. The van der Waals surface area contributed by atoms with Crippen LogP contribution in [0.5, 0.6) is 11.5 Å². The van der Waals surface area contributed by atoms with E-state index in [1.807, 2.05) is 12.1 Å². The molecule has 120 valence electrons. The zero-order valence-corrected chi connectivity index (χ0v) is 14.8. The Bertz CT molecular complexity index is 750. The summed E-state index contributed by atoms with van der Waals surface area (Å²) >= 11 is 9.28. The Morgan fingerprint density at radius 3 is 2.57 bits per heavy atom. The molecule has 0 spiro atoms. The van der Waals surface area contributed by atoms with Crippen molar-refractivity contribution in [3.8, 4) is 11.5 Å². The Kier molecular flexibility index (Phi) is 6.01. The van der Waals surface area contributed by atoms with E-state index < -0.39 is 5.91 Å². The SMILES string of the molecule is COc1ccc(Br)cc1/C=N/NC(=O)c1cc(Cl)ccc1OC. The number of hydrogen-bond acceptors (Lipinski definition) is 4. The average Bonchev–Trinajstić information content (AvgIpc) is 2.55. The second-order valence-corrected chi connectivity index (χ2v) is 5.78. The number of ether oxygens (including phenoxy) is 2. The Labute approximate surface area is 147 Å². The Balaban J connectivity index is 2.16. The van der Waals surface area contributed by atoms with Gasteiger partial charge in [0.05, 0.1) is 26.0 Å². The van der Waals surface area contributed by atoms with Crippen molar-refractivity contribution in [1.82, 2.24) is 5.43 Å². The smallest absolute Gasteiger partial charge is 0.275 e. The van der Waals surface area contributed by atoms with Crippen LogP contribution in [0.2, 0.25) is 5.02 Å². The molecule has 1 amide bonds. The van der Waals surface area contributed by atoms with Crippen molar-refractivity contribution in [2.45, 2.75) is 0 Å². The number of nitrogens with zero attached hydrogens (tertiary/aromatic N) is 1.